The highest BCUT2D eigenvalue weighted by Crippen LogP contribution is 2.25. The van der Waals surface area contributed by atoms with Gasteiger partial charge in [0.2, 0.25) is 10.0 Å². The minimum Gasteiger partial charge on any atom is -0.350 e. The van der Waals surface area contributed by atoms with Crippen molar-refractivity contribution in [3.05, 3.63) is 16.5 Å². The van der Waals surface area contributed by atoms with Crippen LogP contribution in [0.2, 0.25) is 0 Å². The van der Waals surface area contributed by atoms with Gasteiger partial charge in [0.25, 0.3) is 5.91 Å². The monoisotopic (exact) mass is 276 g/mol. The average molecular weight is 276 g/mol. The number of sulfonamides is 1. The highest BCUT2D eigenvalue weighted by Gasteiger charge is 2.21. The van der Waals surface area contributed by atoms with E-state index in [1.807, 2.05) is 13.8 Å². The molecule has 0 spiro atoms. The number of rotatable bonds is 4. The van der Waals surface area contributed by atoms with Crippen molar-refractivity contribution in [2.75, 3.05) is 0 Å². The zero-order chi connectivity index (χ0) is 13.2. The van der Waals surface area contributed by atoms with Crippen LogP contribution in [0.5, 0.6) is 0 Å². The Bertz CT molecular complexity index is 520. The SMILES string of the molecule is CCC(C)NC(=O)c1csc(S(N)(=O)=O)c1C. The highest BCUT2D eigenvalue weighted by molar-refractivity contribution is 7.91. The Kier molecular flexibility index (Phi) is 4.29. The summed E-state index contributed by atoms with van der Waals surface area (Å²) < 4.78 is 22.5. The molecule has 1 rings (SSSR count). The molecule has 0 aliphatic heterocycles. The molecule has 0 bridgehead atoms. The smallest absolute Gasteiger partial charge is 0.252 e. The third-order valence-electron chi connectivity index (χ3n) is 2.49. The second-order valence-electron chi connectivity index (χ2n) is 3.89. The van der Waals surface area contributed by atoms with Crippen LogP contribution >= 0.6 is 11.3 Å². The fourth-order valence-corrected chi connectivity index (χ4v) is 3.32. The molecule has 0 saturated heterocycles. The number of amides is 1. The number of thiophene rings is 1. The molecule has 0 aliphatic rings. The molecule has 1 amide bonds. The molecule has 96 valence electrons. The van der Waals surface area contributed by atoms with Gasteiger partial charge in [-0.05, 0) is 25.8 Å². The topological polar surface area (TPSA) is 89.3 Å². The van der Waals surface area contributed by atoms with Crippen LogP contribution in [-0.2, 0) is 10.0 Å². The Balaban J connectivity index is 3.02. The molecule has 17 heavy (non-hydrogen) atoms. The Morgan fingerprint density at radius 1 is 1.59 bits per heavy atom. The first-order chi connectivity index (χ1) is 7.77. The fraction of sp³-hybridized carbons (Fsp3) is 0.500. The van der Waals surface area contributed by atoms with Crippen LogP contribution in [0.15, 0.2) is 9.59 Å². The summed E-state index contributed by atoms with van der Waals surface area (Å²) in [4.78, 5) is 11.8. The van der Waals surface area contributed by atoms with Gasteiger partial charge < -0.3 is 5.32 Å². The van der Waals surface area contributed by atoms with Gasteiger partial charge in [-0.2, -0.15) is 0 Å². The van der Waals surface area contributed by atoms with Gasteiger partial charge in [0.1, 0.15) is 4.21 Å². The summed E-state index contributed by atoms with van der Waals surface area (Å²) in [5.41, 5.74) is 0.789. The standard InChI is InChI=1S/C10H16N2O3S2/c1-4-6(2)12-9(13)8-5-16-10(7(8)3)17(11,14)15/h5-6H,4H2,1-3H3,(H,12,13)(H2,11,14,15). The number of hydrogen-bond acceptors (Lipinski definition) is 4. The molecular formula is C10H16N2O3S2. The van der Waals surface area contributed by atoms with E-state index >= 15 is 0 Å². The third-order valence-corrected chi connectivity index (χ3v) is 5.17. The van der Waals surface area contributed by atoms with Crippen molar-refractivity contribution >= 4 is 27.3 Å². The lowest BCUT2D eigenvalue weighted by Gasteiger charge is -2.10. The molecule has 3 N–H and O–H groups in total. The Morgan fingerprint density at radius 2 is 2.18 bits per heavy atom. The van der Waals surface area contributed by atoms with Gasteiger partial charge in [-0.25, -0.2) is 13.6 Å². The average Bonchev–Trinajstić information content (AvgIpc) is 2.59. The fourth-order valence-electron chi connectivity index (χ4n) is 1.31. The van der Waals surface area contributed by atoms with Crippen molar-refractivity contribution < 1.29 is 13.2 Å². The minimum atomic E-state index is -3.74. The van der Waals surface area contributed by atoms with Crippen molar-refractivity contribution in [3.8, 4) is 0 Å². The molecule has 5 nitrogen and oxygen atoms in total. The Morgan fingerprint density at radius 3 is 2.59 bits per heavy atom. The number of primary sulfonamides is 1. The largest absolute Gasteiger partial charge is 0.350 e. The van der Waals surface area contributed by atoms with Gasteiger partial charge in [0.05, 0.1) is 5.56 Å². The molecule has 1 aromatic heterocycles. The van der Waals surface area contributed by atoms with E-state index < -0.39 is 10.0 Å². The summed E-state index contributed by atoms with van der Waals surface area (Å²) in [6.07, 6.45) is 0.816. The zero-order valence-electron chi connectivity index (χ0n) is 9.98. The van der Waals surface area contributed by atoms with Gasteiger partial charge in [-0.15, -0.1) is 11.3 Å². The molecule has 7 heteroatoms. The number of nitrogens with one attached hydrogen (secondary N) is 1. The van der Waals surface area contributed by atoms with Crippen LogP contribution in [0.1, 0.15) is 36.2 Å². The number of nitrogens with two attached hydrogens (primary N) is 1. The number of hydrogen-bond donors (Lipinski definition) is 2. The van der Waals surface area contributed by atoms with Crippen LogP contribution < -0.4 is 10.5 Å². The maximum Gasteiger partial charge on any atom is 0.252 e. The van der Waals surface area contributed by atoms with Crippen molar-refractivity contribution in [1.82, 2.24) is 5.32 Å². The van der Waals surface area contributed by atoms with Crippen molar-refractivity contribution in [2.45, 2.75) is 37.4 Å². The van der Waals surface area contributed by atoms with Crippen LogP contribution in [0, 0.1) is 6.92 Å². The maximum absolute atomic E-state index is 11.8. The van der Waals surface area contributed by atoms with Crippen LogP contribution in [0.4, 0.5) is 0 Å². The molecule has 1 atom stereocenters. The molecule has 0 radical (unpaired) electrons. The van der Waals surface area contributed by atoms with Crippen LogP contribution in [0.25, 0.3) is 0 Å². The van der Waals surface area contributed by atoms with Gasteiger partial charge in [-0.3, -0.25) is 4.79 Å². The van der Waals surface area contributed by atoms with Crippen molar-refractivity contribution in [1.29, 1.82) is 0 Å². The first-order valence-corrected chi connectivity index (χ1v) is 7.61. The molecule has 0 saturated carbocycles. The summed E-state index contributed by atoms with van der Waals surface area (Å²) in [6, 6.07) is 0.0553. The summed E-state index contributed by atoms with van der Waals surface area (Å²) in [5, 5.41) is 9.35. The second-order valence-corrected chi connectivity index (χ2v) is 6.53. The summed E-state index contributed by atoms with van der Waals surface area (Å²) in [6.45, 7) is 5.43. The van der Waals surface area contributed by atoms with Gasteiger partial charge in [0, 0.05) is 11.4 Å². The molecule has 1 heterocycles. The van der Waals surface area contributed by atoms with E-state index in [1.54, 1.807) is 6.92 Å². The first kappa shape index (κ1) is 14.1. The molecule has 0 aromatic carbocycles. The van der Waals surface area contributed by atoms with Gasteiger partial charge in [0.15, 0.2) is 0 Å². The van der Waals surface area contributed by atoms with E-state index in [0.717, 1.165) is 17.8 Å². The Hall–Kier alpha value is -0.920. The lowest BCUT2D eigenvalue weighted by atomic mass is 10.2. The van der Waals surface area contributed by atoms with E-state index in [9.17, 15) is 13.2 Å². The minimum absolute atomic E-state index is 0.0480. The van der Waals surface area contributed by atoms with Crippen LogP contribution in [-0.4, -0.2) is 20.4 Å². The summed E-state index contributed by atoms with van der Waals surface area (Å²) in [5.74, 6) is -0.261. The Labute approximate surface area is 105 Å². The molecule has 0 aliphatic carbocycles. The lowest BCUT2D eigenvalue weighted by molar-refractivity contribution is 0.0939. The quantitative estimate of drug-likeness (QED) is 0.866. The van der Waals surface area contributed by atoms with E-state index in [2.05, 4.69) is 5.32 Å². The van der Waals surface area contributed by atoms with Crippen LogP contribution in [0.3, 0.4) is 0 Å². The van der Waals surface area contributed by atoms with Gasteiger partial charge in [-0.1, -0.05) is 6.92 Å². The van der Waals surface area contributed by atoms with E-state index in [1.165, 1.54) is 5.38 Å². The highest BCUT2D eigenvalue weighted by atomic mass is 32.2. The normalized spacial score (nSPS) is 13.4. The van der Waals surface area contributed by atoms with E-state index in [-0.39, 0.29) is 16.2 Å². The lowest BCUT2D eigenvalue weighted by Crippen LogP contribution is -2.32. The summed E-state index contributed by atoms with van der Waals surface area (Å²) in [7, 11) is -3.74. The van der Waals surface area contributed by atoms with E-state index in [0.29, 0.717) is 11.1 Å². The zero-order valence-corrected chi connectivity index (χ0v) is 11.6. The molecular weight excluding hydrogens is 260 g/mol. The van der Waals surface area contributed by atoms with Crippen molar-refractivity contribution in [2.24, 2.45) is 5.14 Å². The van der Waals surface area contributed by atoms with Crippen molar-refractivity contribution in [3.63, 3.8) is 0 Å². The van der Waals surface area contributed by atoms with E-state index in [4.69, 9.17) is 5.14 Å². The third kappa shape index (κ3) is 3.27. The number of carbonyl (C=O) groups is 1. The van der Waals surface area contributed by atoms with Gasteiger partial charge >= 0.3 is 0 Å². The maximum atomic E-state index is 11.8. The predicted molar refractivity (Wildman–Crippen MR) is 67.6 cm³/mol. The molecule has 0 fully saturated rings. The predicted octanol–water partition coefficient (Wildman–Crippen LogP) is 1.23. The molecule has 1 aromatic rings. The molecule has 1 unspecified atom stereocenters. The number of carbonyl (C=O) groups excluding carboxylic acids is 1. The first-order valence-electron chi connectivity index (χ1n) is 5.19. The second kappa shape index (κ2) is 5.16. The summed E-state index contributed by atoms with van der Waals surface area (Å²) >= 11 is 0.972.